The summed E-state index contributed by atoms with van der Waals surface area (Å²) in [5.41, 5.74) is 3.40. The largest absolute Gasteiger partial charge is 0.339 e. The maximum atomic E-state index is 12.7. The summed E-state index contributed by atoms with van der Waals surface area (Å²) in [6.45, 7) is 5.63. The topological polar surface area (TPSA) is 75.4 Å². The number of nitrogens with zero attached hydrogens (tertiary/aromatic N) is 5. The minimum Gasteiger partial charge on any atom is -0.339 e. The lowest BCUT2D eigenvalue weighted by Crippen LogP contribution is -2.35. The van der Waals surface area contributed by atoms with Crippen LogP contribution in [0.4, 0.5) is 11.6 Å². The predicted molar refractivity (Wildman–Crippen MR) is 99.7 cm³/mol. The molecule has 3 aromatic rings. The molecule has 3 aromatic heterocycles. The van der Waals surface area contributed by atoms with E-state index >= 15 is 0 Å². The summed E-state index contributed by atoms with van der Waals surface area (Å²) in [5.74, 6) is 1.32. The molecule has 7 heteroatoms. The molecule has 0 unspecified atom stereocenters. The van der Waals surface area contributed by atoms with Crippen molar-refractivity contribution in [2.45, 2.75) is 33.1 Å². The normalized spacial score (nSPS) is 14.6. The van der Waals surface area contributed by atoms with Crippen LogP contribution in [-0.2, 0) is 0 Å². The highest BCUT2D eigenvalue weighted by atomic mass is 16.2. The molecule has 0 atom stereocenters. The minimum atomic E-state index is 0.0679. The Bertz CT molecular complexity index is 958. The molecule has 4 rings (SSSR count). The summed E-state index contributed by atoms with van der Waals surface area (Å²) in [6.07, 6.45) is 5.01. The molecule has 0 bridgehead atoms. The van der Waals surface area contributed by atoms with Crippen LogP contribution >= 0.6 is 0 Å². The van der Waals surface area contributed by atoms with Crippen molar-refractivity contribution in [1.29, 1.82) is 0 Å². The summed E-state index contributed by atoms with van der Waals surface area (Å²) in [6, 6.07) is 7.41. The molecule has 1 N–H and O–H groups in total. The van der Waals surface area contributed by atoms with E-state index in [2.05, 4.69) is 20.4 Å². The van der Waals surface area contributed by atoms with E-state index in [9.17, 15) is 4.79 Å². The molecule has 1 aliphatic heterocycles. The van der Waals surface area contributed by atoms with Gasteiger partial charge in [0.05, 0.1) is 0 Å². The van der Waals surface area contributed by atoms with Gasteiger partial charge in [0.2, 0.25) is 0 Å². The van der Waals surface area contributed by atoms with Gasteiger partial charge in [-0.05, 0) is 51.3 Å². The van der Waals surface area contributed by atoms with Crippen molar-refractivity contribution in [2.24, 2.45) is 0 Å². The molecule has 0 radical (unpaired) electrons. The summed E-state index contributed by atoms with van der Waals surface area (Å²) >= 11 is 0. The number of aryl methyl sites for hydroxylation is 2. The van der Waals surface area contributed by atoms with E-state index in [1.54, 1.807) is 22.8 Å². The number of hydrogen-bond donors (Lipinski definition) is 1. The Labute approximate surface area is 152 Å². The van der Waals surface area contributed by atoms with Gasteiger partial charge < -0.3 is 10.2 Å². The van der Waals surface area contributed by atoms with Gasteiger partial charge >= 0.3 is 0 Å². The van der Waals surface area contributed by atoms with Crippen molar-refractivity contribution in [3.05, 3.63) is 47.4 Å². The Morgan fingerprint density at radius 3 is 2.69 bits per heavy atom. The number of carbonyl (C=O) groups excluding carboxylic acids is 1. The highest BCUT2D eigenvalue weighted by Gasteiger charge is 2.18. The van der Waals surface area contributed by atoms with Gasteiger partial charge in [-0.3, -0.25) is 4.79 Å². The number of piperidine rings is 1. The number of fused-ring (bicyclic) bond motifs is 1. The highest BCUT2D eigenvalue weighted by molar-refractivity contribution is 5.95. The molecule has 1 fully saturated rings. The number of carbonyl (C=O) groups is 1. The molecule has 26 heavy (non-hydrogen) atoms. The Morgan fingerprint density at radius 2 is 1.88 bits per heavy atom. The van der Waals surface area contributed by atoms with Crippen molar-refractivity contribution >= 4 is 23.2 Å². The fourth-order valence-corrected chi connectivity index (χ4v) is 3.39. The number of hydrogen-bond acceptors (Lipinski definition) is 5. The molecular weight excluding hydrogens is 328 g/mol. The van der Waals surface area contributed by atoms with Crippen LogP contribution in [-0.4, -0.2) is 43.5 Å². The summed E-state index contributed by atoms with van der Waals surface area (Å²) in [5, 5.41) is 7.71. The second-order valence-electron chi connectivity index (χ2n) is 6.75. The first kappa shape index (κ1) is 16.5. The van der Waals surface area contributed by atoms with Crippen LogP contribution in [0.25, 0.3) is 5.65 Å². The Morgan fingerprint density at radius 1 is 1.08 bits per heavy atom. The zero-order valence-electron chi connectivity index (χ0n) is 15.1. The highest BCUT2D eigenvalue weighted by Crippen LogP contribution is 2.19. The maximum absolute atomic E-state index is 12.7. The Kier molecular flexibility index (Phi) is 4.28. The van der Waals surface area contributed by atoms with Crippen molar-refractivity contribution in [3.8, 4) is 0 Å². The van der Waals surface area contributed by atoms with Crippen LogP contribution in [0.15, 0.2) is 30.5 Å². The van der Waals surface area contributed by atoms with Crippen LogP contribution in [0.5, 0.6) is 0 Å². The Balaban J connectivity index is 1.57. The SMILES string of the molecule is Cc1cc(C)n2nc(Nc3cc(C(=O)N4CCCCC4)ccn3)cc2n1. The van der Waals surface area contributed by atoms with Gasteiger partial charge in [-0.15, -0.1) is 5.10 Å². The lowest BCUT2D eigenvalue weighted by atomic mass is 10.1. The average Bonchev–Trinajstić information content (AvgIpc) is 3.04. The fraction of sp³-hybridized carbons (Fsp3) is 0.368. The lowest BCUT2D eigenvalue weighted by Gasteiger charge is -2.26. The monoisotopic (exact) mass is 350 g/mol. The summed E-state index contributed by atoms with van der Waals surface area (Å²) in [4.78, 5) is 23.4. The van der Waals surface area contributed by atoms with Gasteiger partial charge in [0.25, 0.3) is 5.91 Å². The van der Waals surface area contributed by atoms with E-state index in [1.165, 1.54) is 6.42 Å². The molecular formula is C19H22N6O. The van der Waals surface area contributed by atoms with Crippen molar-refractivity contribution in [1.82, 2.24) is 24.5 Å². The predicted octanol–water partition coefficient (Wildman–Crippen LogP) is 3.11. The van der Waals surface area contributed by atoms with E-state index < -0.39 is 0 Å². The smallest absolute Gasteiger partial charge is 0.254 e. The van der Waals surface area contributed by atoms with Gasteiger partial charge in [-0.1, -0.05) is 0 Å². The number of likely N-dealkylation sites (tertiary alicyclic amines) is 1. The van der Waals surface area contributed by atoms with E-state index in [-0.39, 0.29) is 5.91 Å². The quantitative estimate of drug-likeness (QED) is 0.785. The summed E-state index contributed by atoms with van der Waals surface area (Å²) in [7, 11) is 0. The van der Waals surface area contributed by atoms with E-state index in [0.29, 0.717) is 17.2 Å². The molecule has 0 aliphatic carbocycles. The van der Waals surface area contributed by atoms with Crippen LogP contribution in [0.3, 0.4) is 0 Å². The zero-order chi connectivity index (χ0) is 18.1. The minimum absolute atomic E-state index is 0.0679. The zero-order valence-corrected chi connectivity index (χ0v) is 15.1. The van der Waals surface area contributed by atoms with E-state index in [4.69, 9.17) is 0 Å². The molecule has 134 valence electrons. The lowest BCUT2D eigenvalue weighted by molar-refractivity contribution is 0.0724. The fourth-order valence-electron chi connectivity index (χ4n) is 3.39. The average molecular weight is 350 g/mol. The maximum Gasteiger partial charge on any atom is 0.254 e. The van der Waals surface area contributed by atoms with Gasteiger partial charge in [0.1, 0.15) is 5.82 Å². The number of nitrogens with one attached hydrogen (secondary N) is 1. The first-order valence-corrected chi connectivity index (χ1v) is 8.96. The molecule has 1 saturated heterocycles. The number of pyridine rings is 1. The second-order valence-corrected chi connectivity index (χ2v) is 6.75. The molecule has 1 amide bonds. The molecule has 0 saturated carbocycles. The Hall–Kier alpha value is -2.96. The van der Waals surface area contributed by atoms with Gasteiger partial charge in [0, 0.05) is 42.3 Å². The molecule has 1 aliphatic rings. The van der Waals surface area contributed by atoms with Crippen LogP contribution in [0, 0.1) is 13.8 Å². The number of rotatable bonds is 3. The molecule has 0 aromatic carbocycles. The third-order valence-corrected chi connectivity index (χ3v) is 4.64. The molecule has 0 spiro atoms. The van der Waals surface area contributed by atoms with Crippen LogP contribution in [0.2, 0.25) is 0 Å². The van der Waals surface area contributed by atoms with Gasteiger partial charge in [-0.25, -0.2) is 14.5 Å². The van der Waals surface area contributed by atoms with E-state index in [1.807, 2.05) is 30.9 Å². The van der Waals surface area contributed by atoms with Gasteiger partial charge in [0.15, 0.2) is 11.5 Å². The van der Waals surface area contributed by atoms with E-state index in [0.717, 1.165) is 43.0 Å². The van der Waals surface area contributed by atoms with Crippen molar-refractivity contribution in [3.63, 3.8) is 0 Å². The third kappa shape index (κ3) is 3.24. The van der Waals surface area contributed by atoms with Crippen LogP contribution in [0.1, 0.15) is 41.0 Å². The molecule has 4 heterocycles. The second kappa shape index (κ2) is 6.74. The number of amides is 1. The molecule has 7 nitrogen and oxygen atoms in total. The van der Waals surface area contributed by atoms with Gasteiger partial charge in [-0.2, -0.15) is 0 Å². The first-order chi connectivity index (χ1) is 12.6. The van der Waals surface area contributed by atoms with Crippen molar-refractivity contribution in [2.75, 3.05) is 18.4 Å². The summed E-state index contributed by atoms with van der Waals surface area (Å²) < 4.78 is 1.79. The number of anilines is 2. The standard InChI is InChI=1S/C19H22N6O/c1-13-10-14(2)25-18(21-13)12-17(23-25)22-16-11-15(6-7-20-16)19(26)24-8-4-3-5-9-24/h6-7,10-12H,3-5,8-9H2,1-2H3,(H,20,22,23). The van der Waals surface area contributed by atoms with Crippen LogP contribution < -0.4 is 5.32 Å². The van der Waals surface area contributed by atoms with Crippen molar-refractivity contribution < 1.29 is 4.79 Å². The number of aromatic nitrogens is 4. The first-order valence-electron chi connectivity index (χ1n) is 8.96. The third-order valence-electron chi connectivity index (χ3n) is 4.64.